The van der Waals surface area contributed by atoms with Gasteiger partial charge in [-0.2, -0.15) is 5.10 Å². The minimum atomic E-state index is 0. The molecule has 1 N–H and O–H groups in total. The molecule has 0 unspecified atom stereocenters. The third-order valence-electron chi connectivity index (χ3n) is 3.18. The second-order valence-electron chi connectivity index (χ2n) is 4.71. The fourth-order valence-corrected chi connectivity index (χ4v) is 2.22. The average Bonchev–Trinajstić information content (AvgIpc) is 2.89. The third kappa shape index (κ3) is 4.37. The van der Waals surface area contributed by atoms with Crippen molar-refractivity contribution in [3.63, 3.8) is 0 Å². The van der Waals surface area contributed by atoms with Gasteiger partial charge in [0.2, 0.25) is 5.91 Å². The molecule has 120 valence electrons. The van der Waals surface area contributed by atoms with Crippen LogP contribution in [0.3, 0.4) is 0 Å². The Morgan fingerprint density at radius 2 is 2.32 bits per heavy atom. The number of piperazine rings is 1. The van der Waals surface area contributed by atoms with Crippen molar-refractivity contribution >= 4 is 41.5 Å². The van der Waals surface area contributed by atoms with Gasteiger partial charge in [-0.25, -0.2) is 4.99 Å². The van der Waals surface area contributed by atoms with Gasteiger partial charge >= 0.3 is 0 Å². The lowest BCUT2D eigenvalue weighted by Crippen LogP contribution is -2.55. The van der Waals surface area contributed by atoms with Crippen LogP contribution in [0.4, 0.5) is 5.69 Å². The highest BCUT2D eigenvalue weighted by atomic mass is 127. The van der Waals surface area contributed by atoms with Crippen molar-refractivity contribution in [2.45, 2.75) is 6.92 Å². The average molecular weight is 416 g/mol. The quantitative estimate of drug-likeness (QED) is 0.333. The van der Waals surface area contributed by atoms with Crippen LogP contribution in [0.25, 0.3) is 0 Å². The summed E-state index contributed by atoms with van der Waals surface area (Å²) in [6.45, 7) is 4.62. The Hall–Kier alpha value is -1.76. The van der Waals surface area contributed by atoms with E-state index in [1.165, 1.54) is 0 Å². The van der Waals surface area contributed by atoms with Gasteiger partial charge in [0.1, 0.15) is 13.1 Å². The van der Waals surface area contributed by atoms with Gasteiger partial charge in [0, 0.05) is 32.9 Å². The molecular weight excluding hydrogens is 395 g/mol. The number of aromatic nitrogens is 2. The Balaban J connectivity index is 0.00000242. The molecule has 0 saturated carbocycles. The topological polar surface area (TPSA) is 65.8 Å². The number of aryl methyl sites for hydroxylation is 1. The Morgan fingerprint density at radius 1 is 1.55 bits per heavy atom. The van der Waals surface area contributed by atoms with Crippen molar-refractivity contribution in [2.24, 2.45) is 12.0 Å². The number of terminal acetylenes is 1. The second kappa shape index (κ2) is 8.63. The molecule has 0 aromatic carbocycles. The van der Waals surface area contributed by atoms with Crippen LogP contribution < -0.4 is 10.2 Å². The third-order valence-corrected chi connectivity index (χ3v) is 3.18. The number of amides is 1. The first-order chi connectivity index (χ1) is 10.2. The minimum Gasteiger partial charge on any atom is -0.356 e. The van der Waals surface area contributed by atoms with Gasteiger partial charge in [0.05, 0.1) is 11.9 Å². The molecule has 2 heterocycles. The maximum atomic E-state index is 12.3. The van der Waals surface area contributed by atoms with E-state index in [-0.39, 0.29) is 36.4 Å². The summed E-state index contributed by atoms with van der Waals surface area (Å²) in [6.07, 6.45) is 8.78. The van der Waals surface area contributed by atoms with Gasteiger partial charge in [-0.1, -0.05) is 5.92 Å². The molecule has 0 atom stereocenters. The number of carbonyl (C=O) groups is 1. The van der Waals surface area contributed by atoms with Crippen LogP contribution in [0.15, 0.2) is 17.4 Å². The summed E-state index contributed by atoms with van der Waals surface area (Å²) in [5.74, 6) is 3.20. The fraction of sp³-hybridized carbons (Fsp3) is 0.500. The van der Waals surface area contributed by atoms with E-state index in [2.05, 4.69) is 21.3 Å². The molecule has 0 aliphatic carbocycles. The van der Waals surface area contributed by atoms with Crippen molar-refractivity contribution in [3.05, 3.63) is 12.4 Å². The summed E-state index contributed by atoms with van der Waals surface area (Å²) >= 11 is 0. The zero-order valence-corrected chi connectivity index (χ0v) is 15.2. The SMILES string of the molecule is C#CCN=C(NCC)N1CCN(c2cnn(C)c2)C(=O)C1.I. The first-order valence-electron chi connectivity index (χ1n) is 6.91. The molecule has 1 amide bonds. The predicted octanol–water partition coefficient (Wildman–Crippen LogP) is 0.285. The van der Waals surface area contributed by atoms with E-state index in [1.807, 2.05) is 25.1 Å². The summed E-state index contributed by atoms with van der Waals surface area (Å²) in [7, 11) is 1.83. The lowest BCUT2D eigenvalue weighted by Gasteiger charge is -2.35. The van der Waals surface area contributed by atoms with Gasteiger partial charge in [-0.15, -0.1) is 30.4 Å². The van der Waals surface area contributed by atoms with Crippen LogP contribution in [0.1, 0.15) is 6.92 Å². The normalized spacial score (nSPS) is 15.3. The molecule has 1 aromatic heterocycles. The Bertz CT molecular complexity index is 576. The van der Waals surface area contributed by atoms with Crippen molar-refractivity contribution in [1.29, 1.82) is 0 Å². The van der Waals surface area contributed by atoms with E-state index in [1.54, 1.807) is 15.8 Å². The summed E-state index contributed by atoms with van der Waals surface area (Å²) < 4.78 is 1.69. The number of aliphatic imine (C=N–C) groups is 1. The minimum absolute atomic E-state index is 0. The van der Waals surface area contributed by atoms with Crippen molar-refractivity contribution < 1.29 is 4.79 Å². The lowest BCUT2D eigenvalue weighted by atomic mass is 10.3. The van der Waals surface area contributed by atoms with E-state index >= 15 is 0 Å². The standard InChI is InChI=1S/C14H20N6O.HI/c1-4-6-16-14(15-5-2)19-7-8-20(13(21)11-19)12-9-17-18(3)10-12;/h1,9-10H,5-8,11H2,2-3H3,(H,15,16);1H. The maximum absolute atomic E-state index is 12.3. The zero-order valence-electron chi connectivity index (χ0n) is 12.8. The molecule has 0 radical (unpaired) electrons. The second-order valence-corrected chi connectivity index (χ2v) is 4.71. The summed E-state index contributed by atoms with van der Waals surface area (Å²) in [6, 6.07) is 0. The molecule has 7 nitrogen and oxygen atoms in total. The van der Waals surface area contributed by atoms with Crippen LogP contribution in [0.2, 0.25) is 0 Å². The highest BCUT2D eigenvalue weighted by molar-refractivity contribution is 14.0. The largest absolute Gasteiger partial charge is 0.356 e. The van der Waals surface area contributed by atoms with Crippen molar-refractivity contribution in [3.8, 4) is 12.3 Å². The lowest BCUT2D eigenvalue weighted by molar-refractivity contribution is -0.120. The van der Waals surface area contributed by atoms with E-state index < -0.39 is 0 Å². The predicted molar refractivity (Wildman–Crippen MR) is 97.4 cm³/mol. The summed E-state index contributed by atoms with van der Waals surface area (Å²) in [4.78, 5) is 20.3. The summed E-state index contributed by atoms with van der Waals surface area (Å²) in [5.41, 5.74) is 0.827. The molecule has 1 aliphatic heterocycles. The Labute approximate surface area is 147 Å². The van der Waals surface area contributed by atoms with Crippen LogP contribution in [0.5, 0.6) is 0 Å². The molecule has 1 aliphatic rings. The van der Waals surface area contributed by atoms with E-state index in [0.29, 0.717) is 25.6 Å². The Morgan fingerprint density at radius 3 is 2.86 bits per heavy atom. The highest BCUT2D eigenvalue weighted by Crippen LogP contribution is 2.15. The number of rotatable bonds is 3. The van der Waals surface area contributed by atoms with Gasteiger partial charge in [0.15, 0.2) is 5.96 Å². The number of hydrogen-bond acceptors (Lipinski definition) is 3. The van der Waals surface area contributed by atoms with E-state index in [9.17, 15) is 4.79 Å². The number of guanidine groups is 1. The molecule has 1 fully saturated rings. The number of anilines is 1. The molecule has 1 aromatic rings. The number of hydrogen-bond donors (Lipinski definition) is 1. The van der Waals surface area contributed by atoms with Crippen LogP contribution in [0, 0.1) is 12.3 Å². The first kappa shape index (κ1) is 18.3. The monoisotopic (exact) mass is 416 g/mol. The number of halogens is 1. The molecule has 0 bridgehead atoms. The molecule has 8 heteroatoms. The highest BCUT2D eigenvalue weighted by Gasteiger charge is 2.27. The Kier molecular flexibility index (Phi) is 7.17. The van der Waals surface area contributed by atoms with Crippen LogP contribution >= 0.6 is 24.0 Å². The summed E-state index contributed by atoms with van der Waals surface area (Å²) in [5, 5.41) is 7.26. The van der Waals surface area contributed by atoms with Gasteiger partial charge < -0.3 is 15.1 Å². The van der Waals surface area contributed by atoms with E-state index in [4.69, 9.17) is 6.42 Å². The van der Waals surface area contributed by atoms with Crippen molar-refractivity contribution in [1.82, 2.24) is 20.0 Å². The maximum Gasteiger partial charge on any atom is 0.246 e. The number of nitrogens with one attached hydrogen (secondary N) is 1. The molecular formula is C14H21IN6O. The van der Waals surface area contributed by atoms with E-state index in [0.717, 1.165) is 12.2 Å². The van der Waals surface area contributed by atoms with Gasteiger partial charge in [-0.05, 0) is 6.92 Å². The van der Waals surface area contributed by atoms with Gasteiger partial charge in [0.25, 0.3) is 0 Å². The van der Waals surface area contributed by atoms with Crippen LogP contribution in [-0.4, -0.2) is 59.3 Å². The van der Waals surface area contributed by atoms with Crippen LogP contribution in [-0.2, 0) is 11.8 Å². The molecule has 0 spiro atoms. The molecule has 2 rings (SSSR count). The van der Waals surface area contributed by atoms with Crippen molar-refractivity contribution in [2.75, 3.05) is 37.6 Å². The molecule has 22 heavy (non-hydrogen) atoms. The molecule has 1 saturated heterocycles. The smallest absolute Gasteiger partial charge is 0.246 e. The number of carbonyl (C=O) groups excluding carboxylic acids is 1. The fourth-order valence-electron chi connectivity index (χ4n) is 2.22. The number of nitrogens with zero attached hydrogens (tertiary/aromatic N) is 5. The zero-order chi connectivity index (χ0) is 15.2. The first-order valence-corrected chi connectivity index (χ1v) is 6.91. The van der Waals surface area contributed by atoms with Gasteiger partial charge in [-0.3, -0.25) is 9.48 Å².